The lowest BCUT2D eigenvalue weighted by atomic mass is 9.96. The van der Waals surface area contributed by atoms with E-state index in [0.717, 1.165) is 5.92 Å². The minimum absolute atomic E-state index is 0.312. The predicted octanol–water partition coefficient (Wildman–Crippen LogP) is 9.37. The molecule has 1 aliphatic rings. The van der Waals surface area contributed by atoms with E-state index in [9.17, 15) is 0 Å². The molecule has 186 valence electrons. The van der Waals surface area contributed by atoms with Gasteiger partial charge in [-0.2, -0.15) is 0 Å². The van der Waals surface area contributed by atoms with Crippen LogP contribution in [0.1, 0.15) is 136 Å². The fourth-order valence-electron chi connectivity index (χ4n) is 5.65. The van der Waals surface area contributed by atoms with Crippen molar-refractivity contribution < 1.29 is 0 Å². The molecule has 0 saturated heterocycles. The minimum atomic E-state index is -0.312. The Hall–Kier alpha value is -1.08. The highest BCUT2D eigenvalue weighted by Crippen LogP contribution is 2.36. The minimum Gasteiger partial charge on any atom is -0.0725 e. The van der Waals surface area contributed by atoms with E-state index < -0.39 is 0 Å². The number of allylic oxidation sites excluding steroid dienone is 4. The summed E-state index contributed by atoms with van der Waals surface area (Å²) < 4.78 is 0. The number of hydrogen-bond acceptors (Lipinski definition) is 0. The van der Waals surface area contributed by atoms with Crippen LogP contribution >= 0.6 is 0 Å². The monoisotopic (exact) mass is 466 g/mol. The van der Waals surface area contributed by atoms with Crippen LogP contribution < -0.4 is 5.19 Å². The average Bonchev–Trinajstić information content (AvgIpc) is 3.13. The van der Waals surface area contributed by atoms with Crippen molar-refractivity contribution in [2.45, 2.75) is 136 Å². The lowest BCUT2D eigenvalue weighted by molar-refractivity contribution is 0.519. The Morgan fingerprint density at radius 1 is 0.636 bits per heavy atom. The summed E-state index contributed by atoms with van der Waals surface area (Å²) in [6, 6.07) is 11.3. The Bertz CT molecular complexity index is 669. The first kappa shape index (κ1) is 28.2. The van der Waals surface area contributed by atoms with E-state index >= 15 is 0 Å². The molecule has 0 fully saturated rings. The second-order valence-corrected chi connectivity index (χ2v) is 12.5. The van der Waals surface area contributed by atoms with Crippen LogP contribution in [0, 0.1) is 5.92 Å². The first-order valence-corrected chi connectivity index (χ1v) is 16.1. The summed E-state index contributed by atoms with van der Waals surface area (Å²) in [5, 5.41) is 3.46. The van der Waals surface area contributed by atoms with Crippen molar-refractivity contribution in [2.24, 2.45) is 5.92 Å². The quantitative estimate of drug-likeness (QED) is 0.133. The molecule has 2 rings (SSSR count). The third-order valence-corrected chi connectivity index (χ3v) is 9.96. The van der Waals surface area contributed by atoms with Gasteiger partial charge in [-0.25, -0.2) is 0 Å². The van der Waals surface area contributed by atoms with E-state index in [1.807, 2.05) is 5.20 Å². The molecule has 0 radical (unpaired) electrons. The van der Waals surface area contributed by atoms with Gasteiger partial charge in [0.05, 0.1) is 9.52 Å². The van der Waals surface area contributed by atoms with Crippen molar-refractivity contribution >= 4 is 14.7 Å². The molecule has 0 bridgehead atoms. The molecular weight excluding hydrogens is 412 g/mol. The number of benzene rings is 1. The number of rotatable bonds is 20. The Morgan fingerprint density at radius 2 is 1.12 bits per heavy atom. The Morgan fingerprint density at radius 3 is 1.61 bits per heavy atom. The van der Waals surface area contributed by atoms with E-state index in [2.05, 4.69) is 57.2 Å². The zero-order valence-electron chi connectivity index (χ0n) is 22.5. The van der Waals surface area contributed by atoms with Crippen LogP contribution in [-0.4, -0.2) is 9.52 Å². The van der Waals surface area contributed by atoms with E-state index in [1.54, 1.807) is 16.3 Å². The van der Waals surface area contributed by atoms with Crippen molar-refractivity contribution in [2.75, 3.05) is 0 Å². The lowest BCUT2D eigenvalue weighted by Crippen LogP contribution is -2.21. The second-order valence-electron chi connectivity index (χ2n) is 10.6. The van der Waals surface area contributed by atoms with Gasteiger partial charge in [0.2, 0.25) is 0 Å². The topological polar surface area (TPSA) is 0 Å². The van der Waals surface area contributed by atoms with Gasteiger partial charge in [-0.05, 0) is 25.7 Å². The molecule has 1 aromatic rings. The van der Waals surface area contributed by atoms with E-state index in [-0.39, 0.29) is 9.52 Å². The van der Waals surface area contributed by atoms with Gasteiger partial charge in [0.25, 0.3) is 0 Å². The molecule has 33 heavy (non-hydrogen) atoms. The van der Waals surface area contributed by atoms with Crippen molar-refractivity contribution in [3.63, 3.8) is 0 Å². The highest BCUT2D eigenvalue weighted by Gasteiger charge is 2.24. The maximum absolute atomic E-state index is 2.53. The van der Waals surface area contributed by atoms with Gasteiger partial charge in [-0.15, -0.1) is 0 Å². The molecule has 0 amide bonds. The molecule has 0 nitrogen and oxygen atoms in total. The fourth-order valence-corrected chi connectivity index (χ4v) is 7.95. The van der Waals surface area contributed by atoms with Crippen LogP contribution in [0.4, 0.5) is 0 Å². The van der Waals surface area contributed by atoms with E-state index in [4.69, 9.17) is 0 Å². The largest absolute Gasteiger partial charge is 0.0835 e. The van der Waals surface area contributed by atoms with Gasteiger partial charge in [0.15, 0.2) is 0 Å². The molecule has 1 aliphatic carbocycles. The first-order chi connectivity index (χ1) is 16.3. The molecule has 0 aromatic heterocycles. The molecule has 1 heteroatoms. The normalized spacial score (nSPS) is 16.3. The molecule has 0 saturated carbocycles. The first-order valence-electron chi connectivity index (χ1n) is 14.7. The fraction of sp³-hybridized carbons (Fsp3) is 0.688. The van der Waals surface area contributed by atoms with Crippen molar-refractivity contribution in [1.82, 2.24) is 0 Å². The lowest BCUT2D eigenvalue weighted by Gasteiger charge is -2.18. The Kier molecular flexibility index (Phi) is 15.6. The van der Waals surface area contributed by atoms with E-state index in [1.165, 1.54) is 116 Å². The molecule has 1 unspecified atom stereocenters. The molecule has 0 heterocycles. The van der Waals surface area contributed by atoms with Gasteiger partial charge in [0, 0.05) is 0 Å². The zero-order valence-corrected chi connectivity index (χ0v) is 23.9. The SMILES string of the molecule is CCCCCCCCCCCCCCCCCCC1C(C)=CC(CC)=C1[SiH2]c1ccccc1. The van der Waals surface area contributed by atoms with Crippen molar-refractivity contribution in [3.05, 3.63) is 52.8 Å². The van der Waals surface area contributed by atoms with Gasteiger partial charge in [0.1, 0.15) is 0 Å². The summed E-state index contributed by atoms with van der Waals surface area (Å²) >= 11 is 0. The van der Waals surface area contributed by atoms with E-state index in [0.29, 0.717) is 0 Å². The highest BCUT2D eigenvalue weighted by molar-refractivity contribution is 6.61. The summed E-state index contributed by atoms with van der Waals surface area (Å²) in [5.41, 5.74) is 3.32. The second kappa shape index (κ2) is 18.3. The molecule has 0 N–H and O–H groups in total. The summed E-state index contributed by atoms with van der Waals surface area (Å²) in [6.07, 6.45) is 28.4. The van der Waals surface area contributed by atoms with Crippen LogP contribution in [0.2, 0.25) is 0 Å². The molecule has 1 atom stereocenters. The highest BCUT2D eigenvalue weighted by atomic mass is 28.2. The van der Waals surface area contributed by atoms with Gasteiger partial charge >= 0.3 is 0 Å². The number of unbranched alkanes of at least 4 members (excludes halogenated alkanes) is 15. The smallest absolute Gasteiger partial charge is 0.0725 e. The summed E-state index contributed by atoms with van der Waals surface area (Å²) in [6.45, 7) is 7.03. The molecule has 0 spiro atoms. The summed E-state index contributed by atoms with van der Waals surface area (Å²) in [7, 11) is -0.312. The van der Waals surface area contributed by atoms with Crippen LogP contribution in [0.3, 0.4) is 0 Å². The van der Waals surface area contributed by atoms with Gasteiger partial charge in [-0.1, -0.05) is 175 Å². The molecule has 1 aromatic carbocycles. The third kappa shape index (κ3) is 11.7. The Labute approximate surface area is 209 Å². The standard InChI is InChI=1S/C32H54Si/c1-4-6-7-8-9-10-11-12-13-14-15-16-17-18-19-23-26-31-28(3)27-29(5-2)32(31)33-30-24-21-20-22-25-30/h20-22,24-25,27,31H,4-19,23,26,33H2,1-3H3. The van der Waals surface area contributed by atoms with Crippen molar-refractivity contribution in [1.29, 1.82) is 0 Å². The predicted molar refractivity (Wildman–Crippen MR) is 153 cm³/mol. The van der Waals surface area contributed by atoms with Gasteiger partial charge in [-0.3, -0.25) is 0 Å². The zero-order chi connectivity index (χ0) is 23.6. The third-order valence-electron chi connectivity index (χ3n) is 7.75. The van der Waals surface area contributed by atoms with Crippen LogP contribution in [0.15, 0.2) is 52.8 Å². The summed E-state index contributed by atoms with van der Waals surface area (Å²) in [5.74, 6) is 0.762. The summed E-state index contributed by atoms with van der Waals surface area (Å²) in [4.78, 5) is 0. The van der Waals surface area contributed by atoms with Gasteiger partial charge < -0.3 is 0 Å². The Balaban J connectivity index is 1.49. The average molecular weight is 467 g/mol. The molecule has 0 aliphatic heterocycles. The number of hydrogen-bond donors (Lipinski definition) is 0. The van der Waals surface area contributed by atoms with Crippen LogP contribution in [0.5, 0.6) is 0 Å². The van der Waals surface area contributed by atoms with Crippen molar-refractivity contribution in [3.8, 4) is 0 Å². The maximum Gasteiger partial charge on any atom is 0.0835 e. The van der Waals surface area contributed by atoms with Crippen LogP contribution in [-0.2, 0) is 0 Å². The van der Waals surface area contributed by atoms with Crippen LogP contribution in [0.25, 0.3) is 0 Å². The molecular formula is C32H54Si. The maximum atomic E-state index is 2.53.